The van der Waals surface area contributed by atoms with Crippen molar-refractivity contribution in [2.24, 2.45) is 5.92 Å². The second-order valence-electron chi connectivity index (χ2n) is 5.80. The topological polar surface area (TPSA) is 34.1 Å². The maximum Gasteiger partial charge on any atom is 0.214 e. The highest BCUT2D eigenvalue weighted by molar-refractivity contribution is 5.26. The number of pyridine rings is 1. The van der Waals surface area contributed by atoms with E-state index >= 15 is 0 Å². The van der Waals surface area contributed by atoms with Crippen molar-refractivity contribution in [2.45, 2.75) is 47.1 Å². The van der Waals surface area contributed by atoms with Crippen LogP contribution in [0.15, 0.2) is 24.3 Å². The minimum Gasteiger partial charge on any atom is -0.473 e. The summed E-state index contributed by atoms with van der Waals surface area (Å²) in [6, 6.07) is 4.20. The normalized spacial score (nSPS) is 11.8. The highest BCUT2D eigenvalue weighted by Crippen LogP contribution is 2.19. The minimum atomic E-state index is 0.407. The molecule has 0 fully saturated rings. The van der Waals surface area contributed by atoms with Gasteiger partial charge in [0.1, 0.15) is 6.61 Å². The fourth-order valence-corrected chi connectivity index (χ4v) is 1.79. The van der Waals surface area contributed by atoms with Gasteiger partial charge in [-0.25, -0.2) is 4.98 Å². The van der Waals surface area contributed by atoms with Crippen molar-refractivity contribution in [3.05, 3.63) is 35.5 Å². The van der Waals surface area contributed by atoms with E-state index in [1.807, 2.05) is 25.1 Å². The van der Waals surface area contributed by atoms with Crippen LogP contribution in [0.2, 0.25) is 0 Å². The number of nitrogens with one attached hydrogen (secondary N) is 1. The van der Waals surface area contributed by atoms with Crippen LogP contribution in [0.25, 0.3) is 0 Å². The zero-order valence-corrected chi connectivity index (χ0v) is 13.4. The average molecular weight is 276 g/mol. The fourth-order valence-electron chi connectivity index (χ4n) is 1.79. The molecule has 0 aliphatic heterocycles. The van der Waals surface area contributed by atoms with Crippen LogP contribution in [-0.2, 0) is 6.54 Å². The summed E-state index contributed by atoms with van der Waals surface area (Å²) in [5.41, 5.74) is 2.32. The molecule has 0 bridgehead atoms. The van der Waals surface area contributed by atoms with Crippen LogP contribution in [0, 0.1) is 5.92 Å². The van der Waals surface area contributed by atoms with Gasteiger partial charge in [-0.15, -0.1) is 0 Å². The molecule has 0 unspecified atom stereocenters. The Labute approximate surface area is 123 Å². The summed E-state index contributed by atoms with van der Waals surface area (Å²) in [5, 5.41) is 3.46. The van der Waals surface area contributed by atoms with Gasteiger partial charge in [0, 0.05) is 18.3 Å². The lowest BCUT2D eigenvalue weighted by Gasteiger charge is -2.13. The number of rotatable bonds is 8. The maximum absolute atomic E-state index is 5.68. The Kier molecular flexibility index (Phi) is 7.31. The average Bonchev–Trinajstić information content (AvgIpc) is 2.38. The second kappa shape index (κ2) is 8.75. The molecule has 1 N–H and O–H groups in total. The first-order chi connectivity index (χ1) is 9.52. The summed E-state index contributed by atoms with van der Waals surface area (Å²) in [7, 11) is 0. The Hall–Kier alpha value is -1.35. The standard InChI is InChI=1S/C17H28N2O/c1-6-7-8-20-17-10-15(12-18-11-13(2)3)9-16(19-17)14(4)5/h6-7,9-10,13-14,18H,8,11-12H2,1-5H3/b7-6+. The molecule has 0 spiro atoms. The Morgan fingerprint density at radius 2 is 2.00 bits per heavy atom. The summed E-state index contributed by atoms with van der Waals surface area (Å²) in [5.74, 6) is 1.78. The molecule has 0 saturated carbocycles. The molecule has 0 amide bonds. The molecule has 0 aliphatic rings. The smallest absolute Gasteiger partial charge is 0.214 e. The van der Waals surface area contributed by atoms with E-state index in [1.54, 1.807) is 0 Å². The van der Waals surface area contributed by atoms with E-state index in [4.69, 9.17) is 4.74 Å². The molecule has 1 rings (SSSR count). The summed E-state index contributed by atoms with van der Waals surface area (Å²) < 4.78 is 5.68. The Bertz CT molecular complexity index is 425. The first-order valence-electron chi connectivity index (χ1n) is 7.48. The molecule has 0 aliphatic carbocycles. The molecule has 1 aromatic heterocycles. The number of allylic oxidation sites excluding steroid dienone is 1. The van der Waals surface area contributed by atoms with Crippen LogP contribution in [0.4, 0.5) is 0 Å². The van der Waals surface area contributed by atoms with E-state index in [1.165, 1.54) is 5.56 Å². The first-order valence-corrected chi connectivity index (χ1v) is 7.48. The molecule has 1 aromatic rings. The predicted molar refractivity (Wildman–Crippen MR) is 85.2 cm³/mol. The van der Waals surface area contributed by atoms with Crippen molar-refractivity contribution < 1.29 is 4.74 Å². The SMILES string of the molecule is C/C=C/COc1cc(CNCC(C)C)cc(C(C)C)n1. The third-order valence-corrected chi connectivity index (χ3v) is 2.92. The largest absolute Gasteiger partial charge is 0.473 e. The van der Waals surface area contributed by atoms with Gasteiger partial charge >= 0.3 is 0 Å². The van der Waals surface area contributed by atoms with Gasteiger partial charge in [-0.1, -0.05) is 39.8 Å². The van der Waals surface area contributed by atoms with Crippen molar-refractivity contribution in [2.75, 3.05) is 13.2 Å². The van der Waals surface area contributed by atoms with Gasteiger partial charge in [-0.2, -0.15) is 0 Å². The number of hydrogen-bond acceptors (Lipinski definition) is 3. The van der Waals surface area contributed by atoms with Gasteiger partial charge < -0.3 is 10.1 Å². The zero-order valence-electron chi connectivity index (χ0n) is 13.4. The quantitative estimate of drug-likeness (QED) is 0.731. The molecule has 0 aromatic carbocycles. The van der Waals surface area contributed by atoms with Crippen LogP contribution >= 0.6 is 0 Å². The van der Waals surface area contributed by atoms with E-state index < -0.39 is 0 Å². The summed E-state index contributed by atoms with van der Waals surface area (Å²) >= 11 is 0. The lowest BCUT2D eigenvalue weighted by atomic mass is 10.1. The van der Waals surface area contributed by atoms with Crippen molar-refractivity contribution >= 4 is 0 Å². The van der Waals surface area contributed by atoms with E-state index in [9.17, 15) is 0 Å². The van der Waals surface area contributed by atoms with Crippen LogP contribution in [0.3, 0.4) is 0 Å². The Morgan fingerprint density at radius 3 is 2.60 bits per heavy atom. The molecule has 0 atom stereocenters. The van der Waals surface area contributed by atoms with E-state index in [-0.39, 0.29) is 0 Å². The molecule has 0 radical (unpaired) electrons. The van der Waals surface area contributed by atoms with Gasteiger partial charge in [-0.05, 0) is 36.9 Å². The van der Waals surface area contributed by atoms with Crippen molar-refractivity contribution in [1.82, 2.24) is 10.3 Å². The van der Waals surface area contributed by atoms with E-state index in [0.717, 1.165) is 24.7 Å². The molecular formula is C17H28N2O. The molecule has 3 nitrogen and oxygen atoms in total. The zero-order chi connectivity index (χ0) is 15.0. The van der Waals surface area contributed by atoms with E-state index in [2.05, 4.69) is 44.1 Å². The lowest BCUT2D eigenvalue weighted by Crippen LogP contribution is -2.19. The monoisotopic (exact) mass is 276 g/mol. The highest BCUT2D eigenvalue weighted by Gasteiger charge is 2.07. The lowest BCUT2D eigenvalue weighted by molar-refractivity contribution is 0.346. The third kappa shape index (κ3) is 6.20. The van der Waals surface area contributed by atoms with Crippen molar-refractivity contribution in [1.29, 1.82) is 0 Å². The van der Waals surface area contributed by atoms with Gasteiger partial charge in [0.2, 0.25) is 5.88 Å². The van der Waals surface area contributed by atoms with Crippen LogP contribution < -0.4 is 10.1 Å². The number of nitrogens with zero attached hydrogens (tertiary/aromatic N) is 1. The van der Waals surface area contributed by atoms with Crippen LogP contribution in [0.5, 0.6) is 5.88 Å². The Balaban J connectivity index is 2.76. The third-order valence-electron chi connectivity index (χ3n) is 2.92. The van der Waals surface area contributed by atoms with Gasteiger partial charge in [0.15, 0.2) is 0 Å². The minimum absolute atomic E-state index is 0.407. The number of ether oxygens (including phenoxy) is 1. The van der Waals surface area contributed by atoms with Crippen LogP contribution in [-0.4, -0.2) is 18.1 Å². The summed E-state index contributed by atoms with van der Waals surface area (Å²) in [6.45, 7) is 13.2. The highest BCUT2D eigenvalue weighted by atomic mass is 16.5. The summed E-state index contributed by atoms with van der Waals surface area (Å²) in [6.07, 6.45) is 3.97. The van der Waals surface area contributed by atoms with Gasteiger partial charge in [-0.3, -0.25) is 0 Å². The molecule has 112 valence electrons. The van der Waals surface area contributed by atoms with Crippen molar-refractivity contribution in [3.8, 4) is 5.88 Å². The fraction of sp³-hybridized carbons (Fsp3) is 0.588. The summed E-state index contributed by atoms with van der Waals surface area (Å²) in [4.78, 5) is 4.56. The van der Waals surface area contributed by atoms with Crippen molar-refractivity contribution in [3.63, 3.8) is 0 Å². The molecule has 20 heavy (non-hydrogen) atoms. The first kappa shape index (κ1) is 16.7. The maximum atomic E-state index is 5.68. The molecule has 3 heteroatoms. The molecule has 0 saturated heterocycles. The Morgan fingerprint density at radius 1 is 1.25 bits per heavy atom. The predicted octanol–water partition coefficient (Wildman–Crippen LogP) is 3.91. The number of hydrogen-bond donors (Lipinski definition) is 1. The van der Waals surface area contributed by atoms with E-state index in [0.29, 0.717) is 18.4 Å². The van der Waals surface area contributed by atoms with Gasteiger partial charge in [0.05, 0.1) is 0 Å². The second-order valence-corrected chi connectivity index (χ2v) is 5.80. The number of aromatic nitrogens is 1. The molecular weight excluding hydrogens is 248 g/mol. The van der Waals surface area contributed by atoms with Gasteiger partial charge in [0.25, 0.3) is 0 Å². The molecule has 1 heterocycles. The van der Waals surface area contributed by atoms with Crippen LogP contribution in [0.1, 0.15) is 51.8 Å².